The summed E-state index contributed by atoms with van der Waals surface area (Å²) in [6.07, 6.45) is 1.41. The molecule has 2 N–H and O–H groups in total. The van der Waals surface area contributed by atoms with Gasteiger partial charge in [-0.05, 0) is 44.5 Å². The average molecular weight is 262 g/mol. The molecule has 0 bridgehead atoms. The quantitative estimate of drug-likeness (QED) is 0.844. The van der Waals surface area contributed by atoms with Gasteiger partial charge in [-0.3, -0.25) is 9.69 Å². The van der Waals surface area contributed by atoms with Gasteiger partial charge in [0.1, 0.15) is 0 Å². The Morgan fingerprint density at radius 2 is 2.16 bits per heavy atom. The molecule has 1 aromatic carbocycles. The van der Waals surface area contributed by atoms with Gasteiger partial charge in [-0.1, -0.05) is 12.1 Å². The van der Waals surface area contributed by atoms with Crippen LogP contribution in [0.2, 0.25) is 0 Å². The molecule has 4 nitrogen and oxygen atoms in total. The molecule has 0 aliphatic carbocycles. The van der Waals surface area contributed by atoms with Gasteiger partial charge >= 0.3 is 0 Å². The second-order valence-corrected chi connectivity index (χ2v) is 5.86. The second-order valence-electron chi connectivity index (χ2n) is 5.86. The van der Waals surface area contributed by atoms with Crippen LogP contribution in [-0.2, 0) is 17.6 Å². The van der Waals surface area contributed by atoms with Gasteiger partial charge in [-0.2, -0.15) is 0 Å². The average Bonchev–Trinajstić information content (AvgIpc) is 2.74. The Kier molecular flexibility index (Phi) is 3.92. The third-order valence-corrected chi connectivity index (χ3v) is 3.95. The highest BCUT2D eigenvalue weighted by molar-refractivity contribution is 5.99. The minimum Gasteiger partial charge on any atom is -0.394 e. The predicted octanol–water partition coefficient (Wildman–Crippen LogP) is 1.43. The first-order valence-electron chi connectivity index (χ1n) is 6.66. The monoisotopic (exact) mass is 262 g/mol. The van der Waals surface area contributed by atoms with Crippen LogP contribution >= 0.6 is 0 Å². The van der Waals surface area contributed by atoms with Crippen molar-refractivity contribution < 1.29 is 9.90 Å². The molecule has 0 radical (unpaired) electrons. The number of likely N-dealkylation sites (N-methyl/N-ethyl adjacent to an activating group) is 1. The Morgan fingerprint density at radius 1 is 1.42 bits per heavy atom. The minimum absolute atomic E-state index is 0.0747. The molecule has 1 aliphatic heterocycles. The van der Waals surface area contributed by atoms with Crippen LogP contribution in [0.25, 0.3) is 0 Å². The number of nitrogens with one attached hydrogen (secondary N) is 1. The Bertz CT molecular complexity index is 483. The zero-order chi connectivity index (χ0) is 14.0. The molecule has 1 heterocycles. The van der Waals surface area contributed by atoms with Crippen molar-refractivity contribution in [2.24, 2.45) is 0 Å². The van der Waals surface area contributed by atoms with Crippen molar-refractivity contribution in [2.75, 3.05) is 25.5 Å². The maximum atomic E-state index is 11.3. The van der Waals surface area contributed by atoms with Crippen LogP contribution in [0.4, 0.5) is 5.69 Å². The molecule has 0 saturated heterocycles. The SMILES string of the molecule is CN(CCc1ccc2c(c1)CC(=O)N2)C(C)(C)CO. The lowest BCUT2D eigenvalue weighted by molar-refractivity contribution is -0.115. The number of rotatable bonds is 5. The number of aliphatic hydroxyl groups excluding tert-OH is 1. The molecule has 1 aromatic rings. The number of hydrogen-bond donors (Lipinski definition) is 2. The Labute approximate surface area is 114 Å². The second kappa shape index (κ2) is 5.31. The summed E-state index contributed by atoms with van der Waals surface area (Å²) in [5.41, 5.74) is 3.06. The zero-order valence-electron chi connectivity index (χ0n) is 11.9. The molecule has 19 heavy (non-hydrogen) atoms. The zero-order valence-corrected chi connectivity index (χ0v) is 11.9. The van der Waals surface area contributed by atoms with E-state index in [0.717, 1.165) is 24.2 Å². The lowest BCUT2D eigenvalue weighted by Crippen LogP contribution is -2.45. The lowest BCUT2D eigenvalue weighted by atomic mass is 10.0. The maximum absolute atomic E-state index is 11.3. The van der Waals surface area contributed by atoms with Crippen LogP contribution in [0.15, 0.2) is 18.2 Å². The summed E-state index contributed by atoms with van der Waals surface area (Å²) >= 11 is 0. The lowest BCUT2D eigenvalue weighted by Gasteiger charge is -2.33. The first-order chi connectivity index (χ1) is 8.92. The number of carbonyl (C=O) groups is 1. The van der Waals surface area contributed by atoms with E-state index in [2.05, 4.69) is 22.3 Å². The van der Waals surface area contributed by atoms with E-state index in [9.17, 15) is 9.90 Å². The van der Waals surface area contributed by atoms with E-state index in [4.69, 9.17) is 0 Å². The molecule has 2 rings (SSSR count). The van der Waals surface area contributed by atoms with Gasteiger partial charge in [0, 0.05) is 17.8 Å². The van der Waals surface area contributed by atoms with E-state index in [1.54, 1.807) is 0 Å². The number of amides is 1. The van der Waals surface area contributed by atoms with Gasteiger partial charge in [0.05, 0.1) is 13.0 Å². The summed E-state index contributed by atoms with van der Waals surface area (Å²) in [6, 6.07) is 6.14. The topological polar surface area (TPSA) is 52.6 Å². The smallest absolute Gasteiger partial charge is 0.228 e. The Balaban J connectivity index is 1.98. The van der Waals surface area contributed by atoms with E-state index in [1.807, 2.05) is 27.0 Å². The van der Waals surface area contributed by atoms with Crippen LogP contribution in [0, 0.1) is 0 Å². The van der Waals surface area contributed by atoms with Crippen LogP contribution in [-0.4, -0.2) is 41.7 Å². The van der Waals surface area contributed by atoms with Crippen molar-refractivity contribution >= 4 is 11.6 Å². The van der Waals surface area contributed by atoms with E-state index in [1.165, 1.54) is 5.56 Å². The Morgan fingerprint density at radius 3 is 2.84 bits per heavy atom. The highest BCUT2D eigenvalue weighted by Gasteiger charge is 2.22. The summed E-state index contributed by atoms with van der Waals surface area (Å²) in [5, 5.41) is 12.2. The molecule has 1 aliphatic rings. The van der Waals surface area contributed by atoms with Crippen molar-refractivity contribution in [1.82, 2.24) is 4.90 Å². The predicted molar refractivity (Wildman–Crippen MR) is 76.3 cm³/mol. The third kappa shape index (κ3) is 3.14. The highest BCUT2D eigenvalue weighted by Crippen LogP contribution is 2.24. The number of anilines is 1. The summed E-state index contributed by atoms with van der Waals surface area (Å²) in [6.45, 7) is 5.08. The normalized spacial score (nSPS) is 14.7. The van der Waals surface area contributed by atoms with Crippen LogP contribution in [0.5, 0.6) is 0 Å². The van der Waals surface area contributed by atoms with Gasteiger partial charge < -0.3 is 10.4 Å². The van der Waals surface area contributed by atoms with Crippen LogP contribution < -0.4 is 5.32 Å². The fourth-order valence-electron chi connectivity index (χ4n) is 2.16. The summed E-state index contributed by atoms with van der Waals surface area (Å²) in [5.74, 6) is 0.0747. The standard InChI is InChI=1S/C15H22N2O2/c1-15(2,10-18)17(3)7-6-11-4-5-13-12(8-11)9-14(19)16-13/h4-5,8,18H,6-7,9-10H2,1-3H3,(H,16,19). The molecule has 0 saturated carbocycles. The molecule has 104 valence electrons. The van der Waals surface area contributed by atoms with Gasteiger partial charge in [0.2, 0.25) is 5.91 Å². The molecular formula is C15H22N2O2. The fraction of sp³-hybridized carbons (Fsp3) is 0.533. The molecular weight excluding hydrogens is 240 g/mol. The Hall–Kier alpha value is -1.39. The summed E-state index contributed by atoms with van der Waals surface area (Å²) in [4.78, 5) is 13.5. The van der Waals surface area contributed by atoms with E-state index in [-0.39, 0.29) is 18.1 Å². The van der Waals surface area contributed by atoms with Crippen molar-refractivity contribution in [3.8, 4) is 0 Å². The van der Waals surface area contributed by atoms with E-state index < -0.39 is 0 Å². The fourth-order valence-corrected chi connectivity index (χ4v) is 2.16. The molecule has 1 amide bonds. The van der Waals surface area contributed by atoms with Crippen LogP contribution in [0.3, 0.4) is 0 Å². The molecule has 4 heteroatoms. The van der Waals surface area contributed by atoms with Gasteiger partial charge in [0.25, 0.3) is 0 Å². The van der Waals surface area contributed by atoms with Gasteiger partial charge in [0.15, 0.2) is 0 Å². The summed E-state index contributed by atoms with van der Waals surface area (Å²) < 4.78 is 0. The largest absolute Gasteiger partial charge is 0.394 e. The van der Waals surface area contributed by atoms with Crippen LogP contribution in [0.1, 0.15) is 25.0 Å². The van der Waals surface area contributed by atoms with Gasteiger partial charge in [-0.25, -0.2) is 0 Å². The molecule has 0 unspecified atom stereocenters. The first-order valence-corrected chi connectivity index (χ1v) is 6.66. The number of fused-ring (bicyclic) bond motifs is 1. The van der Waals surface area contributed by atoms with Gasteiger partial charge in [-0.15, -0.1) is 0 Å². The number of benzene rings is 1. The number of aliphatic hydroxyl groups is 1. The van der Waals surface area contributed by atoms with Crippen molar-refractivity contribution in [1.29, 1.82) is 0 Å². The highest BCUT2D eigenvalue weighted by atomic mass is 16.3. The summed E-state index contributed by atoms with van der Waals surface area (Å²) in [7, 11) is 2.02. The number of carbonyl (C=O) groups excluding carboxylic acids is 1. The van der Waals surface area contributed by atoms with E-state index >= 15 is 0 Å². The number of hydrogen-bond acceptors (Lipinski definition) is 3. The molecule has 0 fully saturated rings. The minimum atomic E-state index is -0.200. The third-order valence-electron chi connectivity index (χ3n) is 3.95. The maximum Gasteiger partial charge on any atom is 0.228 e. The molecule has 0 aromatic heterocycles. The van der Waals surface area contributed by atoms with Crippen molar-refractivity contribution in [3.05, 3.63) is 29.3 Å². The molecule has 0 spiro atoms. The number of nitrogens with zero attached hydrogens (tertiary/aromatic N) is 1. The van der Waals surface area contributed by atoms with Crippen molar-refractivity contribution in [2.45, 2.75) is 32.2 Å². The van der Waals surface area contributed by atoms with Crippen molar-refractivity contribution in [3.63, 3.8) is 0 Å². The first kappa shape index (κ1) is 14.0. The van der Waals surface area contributed by atoms with E-state index in [0.29, 0.717) is 6.42 Å². The molecule has 0 atom stereocenters.